The van der Waals surface area contributed by atoms with E-state index in [4.69, 9.17) is 0 Å². The molecule has 1 N–H and O–H groups in total. The third-order valence-electron chi connectivity index (χ3n) is 3.33. The number of nitrogens with one attached hydrogen (secondary N) is 1. The fraction of sp³-hybridized carbons (Fsp3) is 0.615. The number of nitrogens with zero attached hydrogens (tertiary/aromatic N) is 1. The van der Waals surface area contributed by atoms with Crippen LogP contribution in [0.1, 0.15) is 32.4 Å². The summed E-state index contributed by atoms with van der Waals surface area (Å²) in [5.41, 5.74) is 0.411. The fourth-order valence-corrected chi connectivity index (χ4v) is 4.50. The normalized spacial score (nSPS) is 12.6. The van der Waals surface area contributed by atoms with Crippen molar-refractivity contribution in [2.75, 3.05) is 11.1 Å². The number of hydrogen-bond donors (Lipinski definition) is 1. The third-order valence-corrected chi connectivity index (χ3v) is 5.89. The van der Waals surface area contributed by atoms with Crippen LogP contribution in [-0.2, 0) is 16.4 Å². The lowest BCUT2D eigenvalue weighted by molar-refractivity contribution is 0.398. The predicted molar refractivity (Wildman–Crippen MR) is 82.0 cm³/mol. The first-order valence-corrected chi connectivity index (χ1v) is 9.22. The van der Waals surface area contributed by atoms with Crippen LogP contribution in [0.3, 0.4) is 0 Å². The molecule has 6 heteroatoms. The standard InChI is InChI=1S/C13H21BrN2O2S/c1-3-13(4-2,11-14)16-19(17,18)10-8-12-7-5-6-9-15-12/h5-7,9,16H,3-4,8,10-11H2,1-2H3. The molecule has 1 heterocycles. The van der Waals surface area contributed by atoms with Crippen molar-refractivity contribution in [3.8, 4) is 0 Å². The van der Waals surface area contributed by atoms with E-state index in [-0.39, 0.29) is 11.3 Å². The Hall–Kier alpha value is -0.460. The van der Waals surface area contributed by atoms with Crippen molar-refractivity contribution in [3.63, 3.8) is 0 Å². The second-order valence-corrected chi connectivity index (χ2v) is 7.02. The van der Waals surface area contributed by atoms with Crippen molar-refractivity contribution in [3.05, 3.63) is 30.1 Å². The second-order valence-electron chi connectivity index (χ2n) is 4.61. The number of pyridine rings is 1. The molecule has 0 aliphatic carbocycles. The molecule has 0 saturated carbocycles. The first kappa shape index (κ1) is 16.6. The van der Waals surface area contributed by atoms with Crippen LogP contribution in [0.2, 0.25) is 0 Å². The van der Waals surface area contributed by atoms with Gasteiger partial charge in [0.2, 0.25) is 10.0 Å². The molecule has 0 unspecified atom stereocenters. The summed E-state index contributed by atoms with van der Waals surface area (Å²) in [6.45, 7) is 3.98. The minimum atomic E-state index is -3.29. The van der Waals surface area contributed by atoms with Crippen molar-refractivity contribution in [1.82, 2.24) is 9.71 Å². The molecule has 0 radical (unpaired) electrons. The van der Waals surface area contributed by atoms with Crippen molar-refractivity contribution in [2.45, 2.75) is 38.6 Å². The van der Waals surface area contributed by atoms with Crippen LogP contribution in [0.15, 0.2) is 24.4 Å². The molecule has 0 atom stereocenters. The van der Waals surface area contributed by atoms with Gasteiger partial charge in [0.25, 0.3) is 0 Å². The van der Waals surface area contributed by atoms with Crippen molar-refractivity contribution in [1.29, 1.82) is 0 Å². The number of alkyl halides is 1. The number of aromatic nitrogens is 1. The van der Waals surface area contributed by atoms with E-state index in [0.29, 0.717) is 11.8 Å². The molecular formula is C13H21BrN2O2S. The van der Waals surface area contributed by atoms with Gasteiger partial charge in [-0.3, -0.25) is 4.98 Å². The van der Waals surface area contributed by atoms with Crippen LogP contribution in [0.5, 0.6) is 0 Å². The van der Waals surface area contributed by atoms with Crippen LogP contribution in [-0.4, -0.2) is 30.0 Å². The van der Waals surface area contributed by atoms with E-state index in [2.05, 4.69) is 25.6 Å². The Bertz CT molecular complexity index is 464. The van der Waals surface area contributed by atoms with Gasteiger partial charge in [0.1, 0.15) is 0 Å². The molecule has 0 amide bonds. The molecule has 0 bridgehead atoms. The highest BCUT2D eigenvalue weighted by Crippen LogP contribution is 2.19. The molecule has 19 heavy (non-hydrogen) atoms. The molecule has 0 aromatic carbocycles. The number of sulfonamides is 1. The molecule has 0 aliphatic heterocycles. The van der Waals surface area contributed by atoms with E-state index >= 15 is 0 Å². The monoisotopic (exact) mass is 348 g/mol. The van der Waals surface area contributed by atoms with Gasteiger partial charge in [-0.05, 0) is 25.0 Å². The lowest BCUT2D eigenvalue weighted by Gasteiger charge is -2.30. The van der Waals surface area contributed by atoms with E-state index in [9.17, 15) is 8.42 Å². The van der Waals surface area contributed by atoms with E-state index < -0.39 is 10.0 Å². The molecule has 1 aromatic heterocycles. The second kappa shape index (κ2) is 7.36. The van der Waals surface area contributed by atoms with Crippen LogP contribution >= 0.6 is 15.9 Å². The maximum absolute atomic E-state index is 12.1. The average molecular weight is 349 g/mol. The van der Waals surface area contributed by atoms with Gasteiger partial charge >= 0.3 is 0 Å². The molecule has 0 aliphatic rings. The molecule has 1 rings (SSSR count). The average Bonchev–Trinajstić information content (AvgIpc) is 2.44. The Balaban J connectivity index is 2.66. The van der Waals surface area contributed by atoms with Gasteiger partial charge in [-0.2, -0.15) is 0 Å². The summed E-state index contributed by atoms with van der Waals surface area (Å²) in [6.07, 6.45) is 3.63. The summed E-state index contributed by atoms with van der Waals surface area (Å²) in [7, 11) is -3.29. The Morgan fingerprint density at radius 2 is 2.00 bits per heavy atom. The highest BCUT2D eigenvalue weighted by Gasteiger charge is 2.29. The van der Waals surface area contributed by atoms with Gasteiger partial charge in [0.15, 0.2) is 0 Å². The highest BCUT2D eigenvalue weighted by atomic mass is 79.9. The molecular weight excluding hydrogens is 328 g/mol. The Morgan fingerprint density at radius 3 is 2.47 bits per heavy atom. The molecule has 0 saturated heterocycles. The molecule has 108 valence electrons. The number of hydrogen-bond acceptors (Lipinski definition) is 3. The van der Waals surface area contributed by atoms with Gasteiger partial charge in [0, 0.05) is 29.2 Å². The van der Waals surface area contributed by atoms with Crippen molar-refractivity contribution in [2.24, 2.45) is 0 Å². The van der Waals surface area contributed by atoms with Crippen molar-refractivity contribution >= 4 is 26.0 Å². The van der Waals surface area contributed by atoms with Crippen LogP contribution in [0.4, 0.5) is 0 Å². The highest BCUT2D eigenvalue weighted by molar-refractivity contribution is 9.09. The van der Waals surface area contributed by atoms with E-state index in [0.717, 1.165) is 18.5 Å². The first-order valence-electron chi connectivity index (χ1n) is 6.44. The third kappa shape index (κ3) is 5.20. The minimum absolute atomic E-state index is 0.0682. The smallest absolute Gasteiger partial charge is 0.212 e. The zero-order chi connectivity index (χ0) is 14.4. The van der Waals surface area contributed by atoms with Gasteiger partial charge in [-0.25, -0.2) is 13.1 Å². The van der Waals surface area contributed by atoms with Crippen LogP contribution in [0, 0.1) is 0 Å². The molecule has 1 aromatic rings. The fourth-order valence-electron chi connectivity index (χ4n) is 1.78. The van der Waals surface area contributed by atoms with Gasteiger partial charge in [-0.15, -0.1) is 0 Å². The molecule has 0 fully saturated rings. The quantitative estimate of drug-likeness (QED) is 0.734. The van der Waals surface area contributed by atoms with E-state index in [1.807, 2.05) is 32.0 Å². The van der Waals surface area contributed by atoms with Crippen LogP contribution in [0.25, 0.3) is 0 Å². The maximum atomic E-state index is 12.1. The molecule has 0 spiro atoms. The lowest BCUT2D eigenvalue weighted by atomic mass is 9.97. The first-order chi connectivity index (χ1) is 8.97. The predicted octanol–water partition coefficient (Wildman–Crippen LogP) is 2.50. The number of aryl methyl sites for hydroxylation is 1. The summed E-state index contributed by atoms with van der Waals surface area (Å²) in [4.78, 5) is 4.14. The maximum Gasteiger partial charge on any atom is 0.212 e. The summed E-state index contributed by atoms with van der Waals surface area (Å²) in [5, 5.41) is 0.621. The zero-order valence-corrected chi connectivity index (χ0v) is 13.8. The van der Waals surface area contributed by atoms with Crippen molar-refractivity contribution < 1.29 is 8.42 Å². The van der Waals surface area contributed by atoms with E-state index in [1.165, 1.54) is 0 Å². The van der Waals surface area contributed by atoms with Gasteiger partial charge in [0.05, 0.1) is 5.75 Å². The summed E-state index contributed by atoms with van der Waals surface area (Å²) in [6, 6.07) is 5.52. The summed E-state index contributed by atoms with van der Waals surface area (Å²) < 4.78 is 27.1. The summed E-state index contributed by atoms with van der Waals surface area (Å²) in [5.74, 6) is 0.0682. The van der Waals surface area contributed by atoms with Gasteiger partial charge in [-0.1, -0.05) is 35.8 Å². The van der Waals surface area contributed by atoms with Crippen LogP contribution < -0.4 is 4.72 Å². The lowest BCUT2D eigenvalue weighted by Crippen LogP contribution is -2.49. The number of halogens is 1. The van der Waals surface area contributed by atoms with E-state index in [1.54, 1.807) is 6.20 Å². The SMILES string of the molecule is CCC(CC)(CBr)NS(=O)(=O)CCc1ccccn1. The summed E-state index contributed by atoms with van der Waals surface area (Å²) >= 11 is 3.40. The largest absolute Gasteiger partial charge is 0.261 e. The Labute approximate surface area is 124 Å². The number of rotatable bonds is 8. The van der Waals surface area contributed by atoms with Gasteiger partial charge < -0.3 is 0 Å². The minimum Gasteiger partial charge on any atom is -0.261 e. The zero-order valence-electron chi connectivity index (χ0n) is 11.4. The topological polar surface area (TPSA) is 59.1 Å². The Morgan fingerprint density at radius 1 is 1.32 bits per heavy atom. The Kier molecular flexibility index (Phi) is 6.42. The molecule has 4 nitrogen and oxygen atoms in total.